The lowest BCUT2D eigenvalue weighted by molar-refractivity contribution is 0.379. The van der Waals surface area contributed by atoms with Gasteiger partial charge >= 0.3 is 0 Å². The van der Waals surface area contributed by atoms with Crippen molar-refractivity contribution in [1.29, 1.82) is 0 Å². The Morgan fingerprint density at radius 1 is 1.29 bits per heavy atom. The van der Waals surface area contributed by atoms with Gasteiger partial charge < -0.3 is 14.2 Å². The smallest absolute Gasteiger partial charge is 0.142 e. The summed E-state index contributed by atoms with van der Waals surface area (Å²) >= 11 is 3.48. The Morgan fingerprint density at radius 3 is 2.65 bits per heavy atom. The molecule has 0 aliphatic rings. The maximum Gasteiger partial charge on any atom is 0.142 e. The van der Waals surface area contributed by atoms with Crippen LogP contribution in [0.2, 0.25) is 0 Å². The molecule has 0 spiro atoms. The van der Waals surface area contributed by atoms with Crippen LogP contribution in [0.15, 0.2) is 37.8 Å². The first-order valence-electron chi connectivity index (χ1n) is 5.81. The monoisotopic (exact) mass is 297 g/mol. The normalized spacial score (nSPS) is 12.9. The van der Waals surface area contributed by atoms with Gasteiger partial charge in [-0.15, -0.1) is 0 Å². The van der Waals surface area contributed by atoms with Crippen molar-refractivity contribution in [3.63, 3.8) is 0 Å². The number of hydrogen-bond acceptors (Lipinski definition) is 3. The summed E-state index contributed by atoms with van der Waals surface area (Å²) in [6.45, 7) is 4.99. The fourth-order valence-electron chi connectivity index (χ4n) is 1.78. The maximum absolute atomic E-state index is 5.78. The van der Waals surface area contributed by atoms with Crippen LogP contribution in [-0.2, 0) is 6.42 Å². The molecule has 17 heavy (non-hydrogen) atoms. The van der Waals surface area contributed by atoms with Crippen molar-refractivity contribution in [2.75, 3.05) is 6.54 Å². The highest BCUT2D eigenvalue weighted by atomic mass is 79.9. The molecule has 0 aromatic carbocycles. The van der Waals surface area contributed by atoms with Crippen LogP contribution in [0.1, 0.15) is 37.2 Å². The molecule has 0 fully saturated rings. The zero-order chi connectivity index (χ0) is 12.3. The van der Waals surface area contributed by atoms with Gasteiger partial charge in [0.25, 0.3) is 0 Å². The molecule has 0 aliphatic carbocycles. The van der Waals surface area contributed by atoms with Crippen molar-refractivity contribution in [3.8, 4) is 0 Å². The van der Waals surface area contributed by atoms with E-state index in [9.17, 15) is 0 Å². The minimum atomic E-state index is -0.0373. The molecule has 2 aromatic rings. The fourth-order valence-corrected chi connectivity index (χ4v) is 2.21. The van der Waals surface area contributed by atoms with E-state index >= 15 is 0 Å². The number of halogens is 1. The third kappa shape index (κ3) is 2.64. The molecule has 1 N–H and O–H groups in total. The standard InChI is InChI=1S/C13H16BrNO2/c1-3-9-5-6-11(17-9)12(15-4-2)13-10(14)7-8-16-13/h5-8,12,15H,3-4H2,1-2H3. The van der Waals surface area contributed by atoms with E-state index in [0.717, 1.165) is 34.7 Å². The summed E-state index contributed by atoms with van der Waals surface area (Å²) in [6, 6.07) is 5.87. The van der Waals surface area contributed by atoms with Gasteiger partial charge in [0, 0.05) is 6.42 Å². The van der Waals surface area contributed by atoms with Crippen LogP contribution in [-0.4, -0.2) is 6.54 Å². The van der Waals surface area contributed by atoms with Crippen LogP contribution in [0.5, 0.6) is 0 Å². The van der Waals surface area contributed by atoms with Crippen molar-refractivity contribution in [2.45, 2.75) is 26.3 Å². The highest BCUT2D eigenvalue weighted by Crippen LogP contribution is 2.30. The first kappa shape index (κ1) is 12.5. The molecule has 0 saturated carbocycles. The molecule has 0 amide bonds. The largest absolute Gasteiger partial charge is 0.466 e. The molecule has 1 atom stereocenters. The molecule has 3 nitrogen and oxygen atoms in total. The summed E-state index contributed by atoms with van der Waals surface area (Å²) in [5.41, 5.74) is 0. The van der Waals surface area contributed by atoms with Gasteiger partial charge in [0.2, 0.25) is 0 Å². The molecule has 1 unspecified atom stereocenters. The van der Waals surface area contributed by atoms with Crippen molar-refractivity contribution in [3.05, 3.63) is 46.2 Å². The van der Waals surface area contributed by atoms with E-state index in [1.165, 1.54) is 0 Å². The molecule has 0 saturated heterocycles. The maximum atomic E-state index is 5.78. The Labute approximate surface area is 109 Å². The summed E-state index contributed by atoms with van der Waals surface area (Å²) in [4.78, 5) is 0. The van der Waals surface area contributed by atoms with Gasteiger partial charge in [-0.25, -0.2) is 0 Å². The van der Waals surface area contributed by atoms with Gasteiger partial charge in [0.15, 0.2) is 0 Å². The van der Waals surface area contributed by atoms with Gasteiger partial charge in [-0.3, -0.25) is 0 Å². The Kier molecular flexibility index (Phi) is 4.07. The van der Waals surface area contributed by atoms with Crippen molar-refractivity contribution < 1.29 is 8.83 Å². The molecule has 0 radical (unpaired) electrons. The summed E-state index contributed by atoms with van der Waals surface area (Å²) in [7, 11) is 0. The van der Waals surface area contributed by atoms with Gasteiger partial charge in [-0.2, -0.15) is 0 Å². The predicted octanol–water partition coefficient (Wildman–Crippen LogP) is 3.90. The average molecular weight is 298 g/mol. The van der Waals surface area contributed by atoms with Crippen molar-refractivity contribution in [1.82, 2.24) is 5.32 Å². The molecule has 92 valence electrons. The molecule has 0 bridgehead atoms. The Hall–Kier alpha value is -1.00. The number of hydrogen-bond donors (Lipinski definition) is 1. The Balaban J connectivity index is 2.32. The molecule has 0 aliphatic heterocycles. The second kappa shape index (κ2) is 5.56. The topological polar surface area (TPSA) is 38.3 Å². The highest BCUT2D eigenvalue weighted by Gasteiger charge is 2.22. The second-order valence-electron chi connectivity index (χ2n) is 3.78. The fraction of sp³-hybridized carbons (Fsp3) is 0.385. The minimum absolute atomic E-state index is 0.0373. The van der Waals surface area contributed by atoms with E-state index in [-0.39, 0.29) is 6.04 Å². The average Bonchev–Trinajstić information content (AvgIpc) is 2.95. The first-order chi connectivity index (χ1) is 8.26. The molecule has 2 heterocycles. The minimum Gasteiger partial charge on any atom is -0.466 e. The molecule has 2 rings (SSSR count). The number of aryl methyl sites for hydroxylation is 1. The molecular formula is C13H16BrNO2. The highest BCUT2D eigenvalue weighted by molar-refractivity contribution is 9.10. The Morgan fingerprint density at radius 2 is 2.12 bits per heavy atom. The number of nitrogens with one attached hydrogen (secondary N) is 1. The summed E-state index contributed by atoms with van der Waals surface area (Å²) in [5, 5.41) is 3.36. The van der Waals surface area contributed by atoms with Crippen LogP contribution in [0.4, 0.5) is 0 Å². The summed E-state index contributed by atoms with van der Waals surface area (Å²) in [6.07, 6.45) is 2.57. The van der Waals surface area contributed by atoms with Crippen LogP contribution in [0.3, 0.4) is 0 Å². The van der Waals surface area contributed by atoms with E-state index in [0.29, 0.717) is 0 Å². The Bertz CT molecular complexity index is 475. The van der Waals surface area contributed by atoms with Gasteiger partial charge in [0.1, 0.15) is 23.3 Å². The van der Waals surface area contributed by atoms with E-state index < -0.39 is 0 Å². The third-order valence-corrected chi connectivity index (χ3v) is 3.29. The zero-order valence-corrected chi connectivity index (χ0v) is 11.6. The van der Waals surface area contributed by atoms with E-state index in [4.69, 9.17) is 8.83 Å². The van der Waals surface area contributed by atoms with E-state index in [1.54, 1.807) is 6.26 Å². The molecular weight excluding hydrogens is 282 g/mol. The van der Waals surface area contributed by atoms with Crippen LogP contribution in [0, 0.1) is 0 Å². The third-order valence-electron chi connectivity index (χ3n) is 2.63. The van der Waals surface area contributed by atoms with Gasteiger partial charge in [-0.1, -0.05) is 13.8 Å². The number of furan rings is 2. The number of rotatable bonds is 5. The van der Waals surface area contributed by atoms with Gasteiger partial charge in [0.05, 0.1) is 10.7 Å². The molecule has 4 heteroatoms. The summed E-state index contributed by atoms with van der Waals surface area (Å²) < 4.78 is 12.2. The zero-order valence-electron chi connectivity index (χ0n) is 10.00. The summed E-state index contributed by atoms with van der Waals surface area (Å²) in [5.74, 6) is 2.73. The van der Waals surface area contributed by atoms with E-state index in [2.05, 4.69) is 35.1 Å². The lowest BCUT2D eigenvalue weighted by atomic mass is 10.1. The van der Waals surface area contributed by atoms with E-state index in [1.807, 2.05) is 18.2 Å². The lowest BCUT2D eigenvalue weighted by Gasteiger charge is -2.13. The van der Waals surface area contributed by atoms with Crippen LogP contribution in [0.25, 0.3) is 0 Å². The quantitative estimate of drug-likeness (QED) is 0.910. The predicted molar refractivity (Wildman–Crippen MR) is 70.0 cm³/mol. The first-order valence-corrected chi connectivity index (χ1v) is 6.60. The van der Waals surface area contributed by atoms with Crippen molar-refractivity contribution in [2.24, 2.45) is 0 Å². The van der Waals surface area contributed by atoms with Gasteiger partial charge in [-0.05, 0) is 40.7 Å². The van der Waals surface area contributed by atoms with Crippen LogP contribution < -0.4 is 5.32 Å². The van der Waals surface area contributed by atoms with Crippen LogP contribution >= 0.6 is 15.9 Å². The van der Waals surface area contributed by atoms with Crippen molar-refractivity contribution >= 4 is 15.9 Å². The lowest BCUT2D eigenvalue weighted by Crippen LogP contribution is -2.21. The molecule has 2 aromatic heterocycles. The SMILES string of the molecule is CCNC(c1ccc(CC)o1)c1occc1Br. The second-order valence-corrected chi connectivity index (χ2v) is 4.64.